The van der Waals surface area contributed by atoms with Crippen LogP contribution >= 0.6 is 7.82 Å². The summed E-state index contributed by atoms with van der Waals surface area (Å²) >= 11 is 0. The molecule has 3 unspecified atom stereocenters. The molecule has 0 aromatic heterocycles. The molecule has 9 heteroatoms. The summed E-state index contributed by atoms with van der Waals surface area (Å²) in [4.78, 5) is 23.4. The van der Waals surface area contributed by atoms with E-state index in [0.29, 0.717) is 17.4 Å². The number of unbranched alkanes of at least 4 members (excludes halogenated alkanes) is 37. The molecule has 0 aromatic carbocycles. The zero-order valence-electron chi connectivity index (χ0n) is 49.6. The highest BCUT2D eigenvalue weighted by Gasteiger charge is 2.27. The fourth-order valence-electron chi connectivity index (χ4n) is 9.33. The highest BCUT2D eigenvalue weighted by Crippen LogP contribution is 2.43. The predicted octanol–water partition coefficient (Wildman–Crippen LogP) is 19.7. The minimum absolute atomic E-state index is 0.0601. The summed E-state index contributed by atoms with van der Waals surface area (Å²) in [5.41, 5.74) is 0. The van der Waals surface area contributed by atoms with Crippen molar-refractivity contribution in [3.63, 3.8) is 0 Å². The second kappa shape index (κ2) is 55.9. The van der Waals surface area contributed by atoms with Crippen LogP contribution in [-0.2, 0) is 18.4 Å². The number of aliphatic hydroxyl groups excluding tert-OH is 1. The topological polar surface area (TPSA) is 105 Å². The van der Waals surface area contributed by atoms with Crippen LogP contribution in [0.3, 0.4) is 0 Å². The third-order valence-electron chi connectivity index (χ3n) is 14.2. The van der Waals surface area contributed by atoms with Crippen molar-refractivity contribution < 1.29 is 32.9 Å². The van der Waals surface area contributed by atoms with Crippen LogP contribution in [0, 0.1) is 0 Å². The molecule has 3 N–H and O–H groups in total. The number of carbonyl (C=O) groups excluding carboxylic acids is 1. The van der Waals surface area contributed by atoms with Gasteiger partial charge in [0.05, 0.1) is 39.9 Å². The third kappa shape index (κ3) is 57.9. The van der Waals surface area contributed by atoms with E-state index in [1.54, 1.807) is 6.08 Å². The molecule has 0 saturated heterocycles. The van der Waals surface area contributed by atoms with Crippen LogP contribution < -0.4 is 5.32 Å². The van der Waals surface area contributed by atoms with Crippen molar-refractivity contribution in [3.05, 3.63) is 60.8 Å². The van der Waals surface area contributed by atoms with Gasteiger partial charge in [0.15, 0.2) is 0 Å². The van der Waals surface area contributed by atoms with Gasteiger partial charge in [-0.1, -0.05) is 293 Å². The Labute approximate surface area is 460 Å². The zero-order chi connectivity index (χ0) is 54.2. The highest BCUT2D eigenvalue weighted by atomic mass is 31.2. The zero-order valence-corrected chi connectivity index (χ0v) is 50.5. The lowest BCUT2D eigenvalue weighted by Gasteiger charge is -2.25. The molecule has 0 bridgehead atoms. The lowest BCUT2D eigenvalue weighted by molar-refractivity contribution is -0.870. The van der Waals surface area contributed by atoms with Crippen molar-refractivity contribution in [1.29, 1.82) is 0 Å². The first kappa shape index (κ1) is 72.2. The van der Waals surface area contributed by atoms with Gasteiger partial charge in [-0.25, -0.2) is 4.57 Å². The monoisotopic (exact) mass is 1060 g/mol. The molecule has 0 radical (unpaired) electrons. The van der Waals surface area contributed by atoms with E-state index in [2.05, 4.69) is 67.8 Å². The Morgan fingerprint density at radius 3 is 1.19 bits per heavy atom. The van der Waals surface area contributed by atoms with Crippen molar-refractivity contribution in [2.24, 2.45) is 0 Å². The number of rotatable bonds is 58. The molecule has 8 nitrogen and oxygen atoms in total. The third-order valence-corrected chi connectivity index (χ3v) is 15.2. The molecular formula is C65H124N2O6P+. The van der Waals surface area contributed by atoms with Gasteiger partial charge in [-0.05, 0) is 57.8 Å². The number of nitrogens with one attached hydrogen (secondary N) is 1. The van der Waals surface area contributed by atoms with E-state index in [1.807, 2.05) is 27.2 Å². The first-order valence-electron chi connectivity index (χ1n) is 31.7. The van der Waals surface area contributed by atoms with E-state index in [1.165, 1.54) is 212 Å². The quantitative estimate of drug-likeness (QED) is 0.0243. The van der Waals surface area contributed by atoms with Gasteiger partial charge in [0.25, 0.3) is 0 Å². The number of quaternary nitrogens is 1. The average molecular weight is 1060 g/mol. The van der Waals surface area contributed by atoms with Crippen molar-refractivity contribution in [1.82, 2.24) is 5.32 Å². The maximum Gasteiger partial charge on any atom is 0.472 e. The number of phosphoric acid groups is 1. The molecule has 1 amide bonds. The number of hydrogen-bond donors (Lipinski definition) is 3. The Morgan fingerprint density at radius 1 is 0.473 bits per heavy atom. The maximum atomic E-state index is 13.0. The second-order valence-electron chi connectivity index (χ2n) is 22.8. The van der Waals surface area contributed by atoms with Gasteiger partial charge >= 0.3 is 7.82 Å². The molecule has 0 saturated carbocycles. The standard InChI is InChI=1S/C65H123N2O6P/c1-6-8-10-12-14-16-18-20-22-24-26-28-30-32-33-35-36-38-40-42-44-46-48-50-52-54-56-58-64(68)63(62-73-74(70,71)72-61-60-67(3,4)5)66-65(69)59-57-55-53-51-49-47-45-43-41-39-37-34-31-29-27-25-23-21-19-17-15-13-11-9-7-2/h9,11,15,17,21,23,27,29,56,58,63-64,68H,6-8,10,12-14,16,18-20,22,24-26,28,30-55,57,59-62H2,1-5H3,(H-,66,69,70,71)/p+1/b11-9-,17-15-,23-21-,29-27-,58-56+. The highest BCUT2D eigenvalue weighted by molar-refractivity contribution is 7.47. The van der Waals surface area contributed by atoms with E-state index in [0.717, 1.165) is 64.2 Å². The molecule has 0 aliphatic carbocycles. The number of carbonyl (C=O) groups is 1. The number of aliphatic hydroxyl groups is 1. The van der Waals surface area contributed by atoms with Crippen LogP contribution in [0.5, 0.6) is 0 Å². The predicted molar refractivity (Wildman–Crippen MR) is 323 cm³/mol. The largest absolute Gasteiger partial charge is 0.472 e. The number of nitrogens with zero attached hydrogens (tertiary/aromatic N) is 1. The summed E-state index contributed by atoms with van der Waals surface area (Å²) in [7, 11) is 1.58. The Bertz CT molecular complexity index is 1390. The van der Waals surface area contributed by atoms with Gasteiger partial charge in [-0.3, -0.25) is 13.8 Å². The lowest BCUT2D eigenvalue weighted by atomic mass is 10.0. The van der Waals surface area contributed by atoms with E-state index < -0.39 is 20.0 Å². The van der Waals surface area contributed by atoms with Crippen LogP contribution in [0.2, 0.25) is 0 Å². The normalized spacial score (nSPS) is 14.2. The summed E-state index contributed by atoms with van der Waals surface area (Å²) in [6.45, 7) is 4.74. The molecule has 0 spiro atoms. The number of amides is 1. The SMILES string of the molecule is CC/C=C\C/C=C\C/C=C\C/C=C\CCCCCCCCCCCCCCC(=O)NC(COP(=O)(O)OCC[N+](C)(C)C)C(O)/C=C/CCCCCCCCCCCCCCCCCCCCCCCCCCC. The first-order valence-corrected chi connectivity index (χ1v) is 33.2. The smallest absolute Gasteiger partial charge is 0.387 e. The summed E-state index contributed by atoms with van der Waals surface area (Å²) in [5, 5.41) is 14.0. The summed E-state index contributed by atoms with van der Waals surface area (Å²) in [6, 6.07) is -0.851. The summed E-state index contributed by atoms with van der Waals surface area (Å²) < 4.78 is 23.8. The van der Waals surface area contributed by atoms with Crippen LogP contribution in [0.4, 0.5) is 0 Å². The van der Waals surface area contributed by atoms with E-state index in [9.17, 15) is 19.4 Å². The van der Waals surface area contributed by atoms with Crippen LogP contribution in [0.25, 0.3) is 0 Å². The Balaban J connectivity index is 4.15. The Morgan fingerprint density at radius 2 is 0.811 bits per heavy atom. The summed E-state index contributed by atoms with van der Waals surface area (Å²) in [5.74, 6) is -0.177. The molecule has 3 atom stereocenters. The number of allylic oxidation sites excluding steroid dienone is 9. The van der Waals surface area contributed by atoms with Gasteiger partial charge in [0.1, 0.15) is 13.2 Å². The van der Waals surface area contributed by atoms with E-state index in [-0.39, 0.29) is 19.1 Å². The maximum absolute atomic E-state index is 13.0. The van der Waals surface area contributed by atoms with Crippen LogP contribution in [-0.4, -0.2) is 73.4 Å². The first-order chi connectivity index (χ1) is 36.0. The fraction of sp³-hybridized carbons (Fsp3) is 0.831. The summed E-state index contributed by atoms with van der Waals surface area (Å²) in [6.07, 6.45) is 76.2. The number of hydrogen-bond acceptors (Lipinski definition) is 5. The molecule has 434 valence electrons. The van der Waals surface area contributed by atoms with Crippen LogP contribution in [0.15, 0.2) is 60.8 Å². The number of phosphoric ester groups is 1. The van der Waals surface area contributed by atoms with Crippen molar-refractivity contribution in [2.75, 3.05) is 40.9 Å². The minimum atomic E-state index is -4.35. The van der Waals surface area contributed by atoms with Gasteiger partial charge in [0.2, 0.25) is 5.91 Å². The Kier molecular flexibility index (Phi) is 54.6. The van der Waals surface area contributed by atoms with Crippen LogP contribution in [0.1, 0.15) is 296 Å². The van der Waals surface area contributed by atoms with Crippen molar-refractivity contribution >= 4 is 13.7 Å². The molecule has 0 heterocycles. The number of likely N-dealkylation sites (N-methyl/N-ethyl adjacent to an activating group) is 1. The second-order valence-corrected chi connectivity index (χ2v) is 24.2. The fourth-order valence-corrected chi connectivity index (χ4v) is 10.1. The molecule has 0 fully saturated rings. The van der Waals surface area contributed by atoms with Crippen molar-refractivity contribution in [2.45, 2.75) is 309 Å². The minimum Gasteiger partial charge on any atom is -0.387 e. The van der Waals surface area contributed by atoms with Gasteiger partial charge < -0.3 is 19.8 Å². The van der Waals surface area contributed by atoms with Gasteiger partial charge in [0, 0.05) is 6.42 Å². The molecule has 0 rings (SSSR count). The van der Waals surface area contributed by atoms with E-state index in [4.69, 9.17) is 9.05 Å². The molecular weight excluding hydrogens is 936 g/mol. The lowest BCUT2D eigenvalue weighted by Crippen LogP contribution is -2.45. The van der Waals surface area contributed by atoms with Crippen molar-refractivity contribution in [3.8, 4) is 0 Å². The Hall–Kier alpha value is -1.80. The average Bonchev–Trinajstić information content (AvgIpc) is 3.36. The van der Waals surface area contributed by atoms with E-state index >= 15 is 0 Å². The molecule has 0 aromatic rings. The van der Waals surface area contributed by atoms with Gasteiger partial charge in [-0.2, -0.15) is 0 Å². The molecule has 0 aliphatic heterocycles. The molecule has 0 aliphatic rings. The van der Waals surface area contributed by atoms with Gasteiger partial charge in [-0.15, -0.1) is 0 Å². The molecule has 74 heavy (non-hydrogen) atoms.